The van der Waals surface area contributed by atoms with Gasteiger partial charge in [-0.15, -0.1) is 0 Å². The maximum atomic E-state index is 12.1. The molecule has 0 aromatic carbocycles. The number of nitrogens with zero attached hydrogens (tertiary/aromatic N) is 3. The van der Waals surface area contributed by atoms with Crippen LogP contribution >= 0.6 is 0 Å². The monoisotopic (exact) mass is 255 g/mol. The van der Waals surface area contributed by atoms with Crippen molar-refractivity contribution in [3.8, 4) is 0 Å². The van der Waals surface area contributed by atoms with Crippen molar-refractivity contribution in [2.45, 2.75) is 18.5 Å². The first-order valence-electron chi connectivity index (χ1n) is 4.96. The highest BCUT2D eigenvalue weighted by Gasteiger charge is 2.22. The van der Waals surface area contributed by atoms with Crippen LogP contribution < -0.4 is 0 Å². The van der Waals surface area contributed by atoms with Crippen LogP contribution in [0.25, 0.3) is 0 Å². The van der Waals surface area contributed by atoms with E-state index in [1.807, 2.05) is 0 Å². The Hall–Kier alpha value is -1.67. The molecule has 2 aromatic heterocycles. The topological polar surface area (TPSA) is 94.7 Å². The summed E-state index contributed by atoms with van der Waals surface area (Å²) >= 11 is 0. The van der Waals surface area contributed by atoms with Gasteiger partial charge in [-0.05, 0) is 6.92 Å². The number of nitrogens with one attached hydrogen (secondary N) is 2. The van der Waals surface area contributed by atoms with E-state index < -0.39 is 10.0 Å². The number of hydrogen-bond donors (Lipinski definition) is 2. The first-order chi connectivity index (χ1) is 8.00. The molecule has 0 spiro atoms. The van der Waals surface area contributed by atoms with Crippen LogP contribution in [0.5, 0.6) is 0 Å². The average molecular weight is 255 g/mol. The summed E-state index contributed by atoms with van der Waals surface area (Å²) in [4.78, 5) is 6.60. The van der Waals surface area contributed by atoms with Crippen molar-refractivity contribution in [2.75, 3.05) is 7.05 Å². The van der Waals surface area contributed by atoms with Crippen LogP contribution in [-0.4, -0.2) is 39.9 Å². The Bertz CT molecular complexity index is 587. The van der Waals surface area contributed by atoms with E-state index in [2.05, 4.69) is 20.2 Å². The summed E-state index contributed by atoms with van der Waals surface area (Å²) in [5, 5.41) is 6.50. The van der Waals surface area contributed by atoms with E-state index in [0.29, 0.717) is 5.82 Å². The fourth-order valence-electron chi connectivity index (χ4n) is 1.40. The molecule has 0 atom stereocenters. The van der Waals surface area contributed by atoms with Crippen molar-refractivity contribution in [3.63, 3.8) is 0 Å². The minimum atomic E-state index is -3.52. The summed E-state index contributed by atoms with van der Waals surface area (Å²) in [6.45, 7) is 1.96. The van der Waals surface area contributed by atoms with Gasteiger partial charge in [0.2, 0.25) is 0 Å². The Morgan fingerprint density at radius 3 is 2.71 bits per heavy atom. The molecule has 0 amide bonds. The molecule has 0 aliphatic rings. The molecule has 0 aliphatic carbocycles. The van der Waals surface area contributed by atoms with Crippen LogP contribution in [-0.2, 0) is 16.6 Å². The zero-order chi connectivity index (χ0) is 12.5. The lowest BCUT2D eigenvalue weighted by atomic mass is 10.4. The molecule has 0 saturated carbocycles. The molecule has 0 bridgehead atoms. The molecular weight excluding hydrogens is 242 g/mol. The van der Waals surface area contributed by atoms with Gasteiger partial charge in [-0.25, -0.2) is 13.4 Å². The van der Waals surface area contributed by atoms with Crippen molar-refractivity contribution in [1.82, 2.24) is 24.5 Å². The van der Waals surface area contributed by atoms with Gasteiger partial charge in [0.1, 0.15) is 5.82 Å². The van der Waals surface area contributed by atoms with Crippen LogP contribution in [0.2, 0.25) is 0 Å². The van der Waals surface area contributed by atoms with Crippen LogP contribution in [0.1, 0.15) is 11.4 Å². The van der Waals surface area contributed by atoms with Gasteiger partial charge >= 0.3 is 0 Å². The smallest absolute Gasteiger partial charge is 0.260 e. The third-order valence-corrected chi connectivity index (χ3v) is 4.04. The number of aromatic nitrogens is 4. The van der Waals surface area contributed by atoms with Crippen LogP contribution in [0.3, 0.4) is 0 Å². The zero-order valence-corrected chi connectivity index (χ0v) is 10.3. The van der Waals surface area contributed by atoms with Gasteiger partial charge in [-0.3, -0.25) is 5.10 Å². The second-order valence-corrected chi connectivity index (χ2v) is 5.71. The lowest BCUT2D eigenvalue weighted by Gasteiger charge is -2.14. The summed E-state index contributed by atoms with van der Waals surface area (Å²) in [6.07, 6.45) is 4.56. The van der Waals surface area contributed by atoms with Gasteiger partial charge in [-0.2, -0.15) is 9.40 Å². The second-order valence-electron chi connectivity index (χ2n) is 3.70. The molecule has 2 rings (SSSR count). The number of sulfonamides is 1. The molecule has 0 unspecified atom stereocenters. The molecule has 2 N–H and O–H groups in total. The van der Waals surface area contributed by atoms with Crippen molar-refractivity contribution in [2.24, 2.45) is 0 Å². The minimum Gasteiger partial charge on any atom is -0.332 e. The normalized spacial score (nSPS) is 12.2. The second kappa shape index (κ2) is 4.30. The summed E-state index contributed by atoms with van der Waals surface area (Å²) in [6, 6.07) is 0. The third kappa shape index (κ3) is 2.37. The van der Waals surface area contributed by atoms with E-state index in [-0.39, 0.29) is 11.6 Å². The standard InChI is InChI=1S/C9H13N5O2S/c1-7-10-5-9(13-7)17(15,16)14(2)6-8-3-11-12-4-8/h3-5H,6H2,1-2H3,(H,10,13)(H,11,12). The SMILES string of the molecule is Cc1ncc(S(=O)(=O)N(C)Cc2cn[nH]c2)[nH]1. The Labute approximate surface area is 98.9 Å². The highest BCUT2D eigenvalue weighted by atomic mass is 32.2. The van der Waals surface area contributed by atoms with Crippen LogP contribution in [0, 0.1) is 6.92 Å². The molecule has 0 aliphatic heterocycles. The average Bonchev–Trinajstić information content (AvgIpc) is 2.89. The van der Waals surface area contributed by atoms with Gasteiger partial charge < -0.3 is 4.98 Å². The number of aromatic amines is 2. The van der Waals surface area contributed by atoms with Gasteiger partial charge in [0, 0.05) is 25.4 Å². The highest BCUT2D eigenvalue weighted by molar-refractivity contribution is 7.89. The van der Waals surface area contributed by atoms with Gasteiger partial charge in [0.25, 0.3) is 10.0 Å². The fourth-order valence-corrected chi connectivity index (χ4v) is 2.52. The van der Waals surface area contributed by atoms with Gasteiger partial charge in [-0.1, -0.05) is 0 Å². The molecule has 0 fully saturated rings. The summed E-state index contributed by atoms with van der Waals surface area (Å²) < 4.78 is 25.4. The van der Waals surface area contributed by atoms with Crippen molar-refractivity contribution >= 4 is 10.0 Å². The molecular formula is C9H13N5O2S. The Morgan fingerprint density at radius 2 is 2.18 bits per heavy atom. The van der Waals surface area contributed by atoms with Crippen molar-refractivity contribution in [3.05, 3.63) is 30.0 Å². The predicted octanol–water partition coefficient (Wildman–Crippen LogP) is 0.262. The van der Waals surface area contributed by atoms with Crippen molar-refractivity contribution < 1.29 is 8.42 Å². The highest BCUT2D eigenvalue weighted by Crippen LogP contribution is 2.13. The maximum absolute atomic E-state index is 12.1. The van der Waals surface area contributed by atoms with Crippen molar-refractivity contribution in [1.29, 1.82) is 0 Å². The van der Waals surface area contributed by atoms with E-state index in [9.17, 15) is 8.42 Å². The van der Waals surface area contributed by atoms with Gasteiger partial charge in [0.15, 0.2) is 5.03 Å². The molecule has 0 saturated heterocycles. The number of hydrogen-bond acceptors (Lipinski definition) is 4. The maximum Gasteiger partial charge on any atom is 0.260 e. The summed E-state index contributed by atoms with van der Waals surface area (Å²) in [5.74, 6) is 0.570. The molecule has 2 aromatic rings. The number of rotatable bonds is 4. The quantitative estimate of drug-likeness (QED) is 0.819. The first kappa shape index (κ1) is 11.8. The van der Waals surface area contributed by atoms with Crippen LogP contribution in [0.4, 0.5) is 0 Å². The summed E-state index contributed by atoms with van der Waals surface area (Å²) in [7, 11) is -2.01. The minimum absolute atomic E-state index is 0.0981. The Kier molecular flexibility index (Phi) is 2.99. The Morgan fingerprint density at radius 1 is 1.41 bits per heavy atom. The van der Waals surface area contributed by atoms with E-state index in [0.717, 1.165) is 5.56 Å². The predicted molar refractivity (Wildman–Crippen MR) is 60.6 cm³/mol. The summed E-state index contributed by atoms with van der Waals surface area (Å²) in [5.41, 5.74) is 0.798. The molecule has 0 radical (unpaired) electrons. The van der Waals surface area contributed by atoms with E-state index in [1.54, 1.807) is 19.3 Å². The van der Waals surface area contributed by atoms with Gasteiger partial charge in [0.05, 0.1) is 12.4 Å². The molecule has 2 heterocycles. The lowest BCUT2D eigenvalue weighted by Crippen LogP contribution is -2.26. The molecule has 7 nitrogen and oxygen atoms in total. The zero-order valence-electron chi connectivity index (χ0n) is 9.51. The third-order valence-electron chi connectivity index (χ3n) is 2.33. The lowest BCUT2D eigenvalue weighted by molar-refractivity contribution is 0.464. The fraction of sp³-hybridized carbons (Fsp3) is 0.333. The number of H-pyrrole nitrogens is 2. The first-order valence-corrected chi connectivity index (χ1v) is 6.40. The van der Waals surface area contributed by atoms with E-state index >= 15 is 0 Å². The Balaban J connectivity index is 2.21. The largest absolute Gasteiger partial charge is 0.332 e. The molecule has 92 valence electrons. The molecule has 17 heavy (non-hydrogen) atoms. The number of aryl methyl sites for hydroxylation is 1. The number of imidazole rings is 1. The van der Waals surface area contributed by atoms with Crippen LogP contribution in [0.15, 0.2) is 23.6 Å². The molecule has 8 heteroatoms. The van der Waals surface area contributed by atoms with E-state index in [4.69, 9.17) is 0 Å². The van der Waals surface area contributed by atoms with E-state index in [1.165, 1.54) is 17.5 Å².